The molecule has 1 saturated heterocycles. The van der Waals surface area contributed by atoms with Crippen LogP contribution in [0.2, 0.25) is 0 Å². The molecular weight excluding hydrogens is 294 g/mol. The number of aliphatic carboxylic acids is 1. The Kier molecular flexibility index (Phi) is 6.60. The highest BCUT2D eigenvalue weighted by Crippen LogP contribution is 2.42. The van der Waals surface area contributed by atoms with Gasteiger partial charge in [-0.3, -0.25) is 19.3 Å². The molecule has 5 nitrogen and oxygen atoms in total. The number of nitrogens with zero attached hydrogens (tertiary/aromatic N) is 1. The van der Waals surface area contributed by atoms with Gasteiger partial charge < -0.3 is 5.11 Å². The monoisotopic (exact) mass is 323 g/mol. The van der Waals surface area contributed by atoms with Crippen molar-refractivity contribution in [3.63, 3.8) is 0 Å². The SMILES string of the molecule is O=C(O)CCN1C(=O)CC2(CCCCCCCCCCC2)C1=O. The number of likely N-dealkylation sites (tertiary alicyclic amines) is 1. The minimum Gasteiger partial charge on any atom is -0.481 e. The molecule has 2 rings (SSSR count). The maximum Gasteiger partial charge on any atom is 0.305 e. The Morgan fingerprint density at radius 1 is 0.913 bits per heavy atom. The minimum absolute atomic E-state index is 0.0226. The van der Waals surface area contributed by atoms with Gasteiger partial charge in [-0.2, -0.15) is 0 Å². The summed E-state index contributed by atoms with van der Waals surface area (Å²) in [5.74, 6) is -1.26. The maximum atomic E-state index is 12.8. The van der Waals surface area contributed by atoms with Gasteiger partial charge in [0.15, 0.2) is 0 Å². The van der Waals surface area contributed by atoms with Gasteiger partial charge >= 0.3 is 5.97 Å². The van der Waals surface area contributed by atoms with E-state index < -0.39 is 11.4 Å². The molecule has 1 spiro atoms. The van der Waals surface area contributed by atoms with E-state index in [9.17, 15) is 14.4 Å². The third-order valence-corrected chi connectivity index (χ3v) is 5.35. The molecule has 23 heavy (non-hydrogen) atoms. The topological polar surface area (TPSA) is 74.7 Å². The molecule has 0 aromatic carbocycles. The summed E-state index contributed by atoms with van der Waals surface area (Å²) < 4.78 is 0. The molecular formula is C18H29NO4. The Labute approximate surface area is 138 Å². The summed E-state index contributed by atoms with van der Waals surface area (Å²) in [6, 6.07) is 0. The zero-order chi connectivity index (χ0) is 16.7. The van der Waals surface area contributed by atoms with E-state index in [-0.39, 0.29) is 31.2 Å². The fourth-order valence-electron chi connectivity index (χ4n) is 3.97. The summed E-state index contributed by atoms with van der Waals surface area (Å²) >= 11 is 0. The highest BCUT2D eigenvalue weighted by molar-refractivity contribution is 6.06. The number of carbonyl (C=O) groups is 3. The number of hydrogen-bond donors (Lipinski definition) is 1. The van der Waals surface area contributed by atoms with Crippen LogP contribution in [0.1, 0.15) is 83.5 Å². The Hall–Kier alpha value is -1.39. The van der Waals surface area contributed by atoms with Gasteiger partial charge in [0.05, 0.1) is 11.8 Å². The number of imide groups is 1. The van der Waals surface area contributed by atoms with E-state index in [0.717, 1.165) is 38.5 Å². The molecule has 1 aliphatic heterocycles. The van der Waals surface area contributed by atoms with Crippen LogP contribution in [-0.2, 0) is 14.4 Å². The molecule has 5 heteroatoms. The van der Waals surface area contributed by atoms with Crippen molar-refractivity contribution < 1.29 is 19.5 Å². The fourth-order valence-corrected chi connectivity index (χ4v) is 3.97. The molecule has 1 saturated carbocycles. The van der Waals surface area contributed by atoms with E-state index in [1.165, 1.54) is 37.0 Å². The van der Waals surface area contributed by atoms with Gasteiger partial charge in [-0.1, -0.05) is 57.8 Å². The largest absolute Gasteiger partial charge is 0.481 e. The second kappa shape index (κ2) is 8.46. The Balaban J connectivity index is 2.04. The first-order chi connectivity index (χ1) is 11.1. The summed E-state index contributed by atoms with van der Waals surface area (Å²) in [7, 11) is 0. The average Bonchev–Trinajstić information content (AvgIpc) is 2.72. The second-order valence-corrected chi connectivity index (χ2v) is 7.13. The molecule has 0 atom stereocenters. The number of carbonyl (C=O) groups excluding carboxylic acids is 2. The van der Waals surface area contributed by atoms with Crippen LogP contribution in [0.25, 0.3) is 0 Å². The van der Waals surface area contributed by atoms with Crippen molar-refractivity contribution in [2.75, 3.05) is 6.54 Å². The summed E-state index contributed by atoms with van der Waals surface area (Å²) in [6.45, 7) is 0.0226. The molecule has 2 fully saturated rings. The van der Waals surface area contributed by atoms with Crippen LogP contribution < -0.4 is 0 Å². The summed E-state index contributed by atoms with van der Waals surface area (Å²) in [4.78, 5) is 37.0. The molecule has 1 aliphatic carbocycles. The lowest BCUT2D eigenvalue weighted by Crippen LogP contribution is -2.37. The number of rotatable bonds is 3. The van der Waals surface area contributed by atoms with Crippen LogP contribution in [0.15, 0.2) is 0 Å². The van der Waals surface area contributed by atoms with Crippen LogP contribution in [0.4, 0.5) is 0 Å². The van der Waals surface area contributed by atoms with Gasteiger partial charge in [0.25, 0.3) is 0 Å². The first-order valence-electron chi connectivity index (χ1n) is 9.12. The number of amides is 2. The van der Waals surface area contributed by atoms with Crippen LogP contribution in [0.5, 0.6) is 0 Å². The molecule has 0 aromatic rings. The zero-order valence-corrected chi connectivity index (χ0v) is 14.0. The summed E-state index contributed by atoms with van der Waals surface area (Å²) in [6.07, 6.45) is 12.2. The van der Waals surface area contributed by atoms with Gasteiger partial charge in [-0.05, 0) is 12.8 Å². The number of hydrogen-bond acceptors (Lipinski definition) is 3. The van der Waals surface area contributed by atoms with Crippen molar-refractivity contribution in [2.24, 2.45) is 5.41 Å². The second-order valence-electron chi connectivity index (χ2n) is 7.13. The molecule has 0 unspecified atom stereocenters. The van der Waals surface area contributed by atoms with Crippen molar-refractivity contribution >= 4 is 17.8 Å². The van der Waals surface area contributed by atoms with Crippen molar-refractivity contribution in [3.8, 4) is 0 Å². The number of carboxylic acids is 1. The van der Waals surface area contributed by atoms with Crippen LogP contribution in [0.3, 0.4) is 0 Å². The standard InChI is InChI=1S/C18H29NO4/c20-15-14-18(17(23)19(15)13-10-16(21)22)11-8-6-4-2-1-3-5-7-9-12-18/h1-14H2,(H,21,22). The smallest absolute Gasteiger partial charge is 0.305 e. The van der Waals surface area contributed by atoms with Crippen molar-refractivity contribution in [3.05, 3.63) is 0 Å². The fraction of sp³-hybridized carbons (Fsp3) is 0.833. The molecule has 0 radical (unpaired) electrons. The highest BCUT2D eigenvalue weighted by atomic mass is 16.4. The van der Waals surface area contributed by atoms with E-state index >= 15 is 0 Å². The predicted octanol–water partition coefficient (Wildman–Crippen LogP) is 3.51. The first kappa shape index (κ1) is 18.0. The van der Waals surface area contributed by atoms with Gasteiger partial charge in [-0.25, -0.2) is 0 Å². The quantitative estimate of drug-likeness (QED) is 0.807. The van der Waals surface area contributed by atoms with E-state index in [1.54, 1.807) is 0 Å². The average molecular weight is 323 g/mol. The van der Waals surface area contributed by atoms with Crippen molar-refractivity contribution in [1.82, 2.24) is 4.90 Å². The predicted molar refractivity (Wildman–Crippen MR) is 86.8 cm³/mol. The van der Waals surface area contributed by atoms with Crippen LogP contribution in [0, 0.1) is 5.41 Å². The van der Waals surface area contributed by atoms with Crippen molar-refractivity contribution in [2.45, 2.75) is 83.5 Å². The van der Waals surface area contributed by atoms with Crippen LogP contribution in [-0.4, -0.2) is 34.3 Å². The summed E-state index contributed by atoms with van der Waals surface area (Å²) in [5.41, 5.74) is -0.547. The number of carboxylic acid groups (broad SMARTS) is 1. The molecule has 1 heterocycles. The molecule has 2 amide bonds. The van der Waals surface area contributed by atoms with Gasteiger partial charge in [0.1, 0.15) is 0 Å². The lowest BCUT2D eigenvalue weighted by Gasteiger charge is -2.27. The highest BCUT2D eigenvalue weighted by Gasteiger charge is 2.50. The summed E-state index contributed by atoms with van der Waals surface area (Å²) in [5, 5.41) is 8.81. The molecule has 2 aliphatic rings. The Bertz CT molecular complexity index is 434. The normalized spacial score (nSPS) is 23.6. The minimum atomic E-state index is -0.967. The van der Waals surface area contributed by atoms with E-state index in [4.69, 9.17) is 5.11 Å². The van der Waals surface area contributed by atoms with E-state index in [2.05, 4.69) is 0 Å². The maximum absolute atomic E-state index is 12.8. The third kappa shape index (κ3) is 4.79. The lowest BCUT2D eigenvalue weighted by molar-refractivity contribution is -0.143. The lowest BCUT2D eigenvalue weighted by atomic mass is 9.76. The molecule has 130 valence electrons. The van der Waals surface area contributed by atoms with Gasteiger partial charge in [-0.15, -0.1) is 0 Å². The van der Waals surface area contributed by atoms with Gasteiger partial charge in [0, 0.05) is 13.0 Å². The van der Waals surface area contributed by atoms with Crippen molar-refractivity contribution in [1.29, 1.82) is 0 Å². The van der Waals surface area contributed by atoms with Crippen LogP contribution >= 0.6 is 0 Å². The van der Waals surface area contributed by atoms with E-state index in [0.29, 0.717) is 0 Å². The third-order valence-electron chi connectivity index (χ3n) is 5.35. The molecule has 1 N–H and O–H groups in total. The van der Waals surface area contributed by atoms with E-state index in [1.807, 2.05) is 0 Å². The Morgan fingerprint density at radius 2 is 1.39 bits per heavy atom. The Morgan fingerprint density at radius 3 is 1.87 bits per heavy atom. The molecule has 0 bridgehead atoms. The first-order valence-corrected chi connectivity index (χ1v) is 9.12. The molecule has 0 aromatic heterocycles. The van der Waals surface area contributed by atoms with Gasteiger partial charge in [0.2, 0.25) is 11.8 Å². The zero-order valence-electron chi connectivity index (χ0n) is 14.0.